The lowest BCUT2D eigenvalue weighted by atomic mass is 9.93. The molecule has 0 spiro atoms. The Morgan fingerprint density at radius 2 is 1.77 bits per heavy atom. The van der Waals surface area contributed by atoms with Crippen molar-refractivity contribution in [3.8, 4) is 17.1 Å². The minimum Gasteiger partial charge on any atom is -0.490 e. The Hall–Kier alpha value is -4.49. The van der Waals surface area contributed by atoms with E-state index in [1.807, 2.05) is 32.4 Å². The zero-order valence-electron chi connectivity index (χ0n) is 27.9. The first-order valence-electron chi connectivity index (χ1n) is 16.8. The number of nitrogens with zero attached hydrogens (tertiary/aromatic N) is 6. The molecule has 2 aromatic carbocycles. The van der Waals surface area contributed by atoms with E-state index in [4.69, 9.17) is 9.72 Å². The molecule has 0 saturated carbocycles. The molecule has 48 heavy (non-hydrogen) atoms. The third-order valence-electron chi connectivity index (χ3n) is 9.78. The molecule has 1 fully saturated rings. The molecular weight excluding hydrogens is 629 g/mol. The van der Waals surface area contributed by atoms with Crippen LogP contribution in [0.1, 0.15) is 59.4 Å². The number of hydrogen-bond donors (Lipinski definition) is 2. The van der Waals surface area contributed by atoms with E-state index in [9.17, 15) is 13.2 Å². The van der Waals surface area contributed by atoms with Gasteiger partial charge in [-0.25, -0.2) is 18.4 Å². The summed E-state index contributed by atoms with van der Waals surface area (Å²) >= 11 is 0. The molecule has 13 heteroatoms. The molecule has 2 aliphatic heterocycles. The van der Waals surface area contributed by atoms with Crippen LogP contribution in [0.2, 0.25) is 0 Å². The van der Waals surface area contributed by atoms with Gasteiger partial charge in [0.1, 0.15) is 12.4 Å². The summed E-state index contributed by atoms with van der Waals surface area (Å²) in [6.45, 7) is 6.24. The highest BCUT2D eigenvalue weighted by Crippen LogP contribution is 2.36. The largest absolute Gasteiger partial charge is 0.490 e. The average Bonchev–Trinajstić information content (AvgIpc) is 3.45. The Balaban J connectivity index is 1.05. The lowest BCUT2D eigenvalue weighted by molar-refractivity contribution is 0.102. The smallest absolute Gasteiger partial charge is 0.276 e. The van der Waals surface area contributed by atoms with E-state index in [-0.39, 0.29) is 16.8 Å². The maximum Gasteiger partial charge on any atom is 0.276 e. The zero-order valence-corrected chi connectivity index (χ0v) is 28.7. The molecule has 7 rings (SSSR count). The lowest BCUT2D eigenvalue weighted by Gasteiger charge is -2.32. The molecule has 0 bridgehead atoms. The molecule has 12 nitrogen and oxygen atoms in total. The predicted octanol–water partition coefficient (Wildman–Crippen LogP) is 4.45. The number of fused-ring (bicyclic) bond motifs is 4. The Morgan fingerprint density at radius 3 is 2.50 bits per heavy atom. The maximum atomic E-state index is 13.7. The molecule has 1 aliphatic carbocycles. The van der Waals surface area contributed by atoms with Gasteiger partial charge in [-0.2, -0.15) is 9.40 Å². The number of likely N-dealkylation sites (N-methyl/N-ethyl adjacent to an activating group) is 1. The highest BCUT2D eigenvalue weighted by Gasteiger charge is 2.32. The van der Waals surface area contributed by atoms with Crippen LogP contribution in [-0.4, -0.2) is 77.7 Å². The van der Waals surface area contributed by atoms with Crippen LogP contribution in [-0.2, 0) is 42.8 Å². The zero-order chi connectivity index (χ0) is 33.6. The normalized spacial score (nSPS) is 16.5. The van der Waals surface area contributed by atoms with Crippen molar-refractivity contribution in [2.75, 3.05) is 48.8 Å². The summed E-state index contributed by atoms with van der Waals surface area (Å²) in [5.41, 5.74) is 7.89. The highest BCUT2D eigenvalue weighted by molar-refractivity contribution is 7.89. The van der Waals surface area contributed by atoms with Gasteiger partial charge in [0.05, 0.1) is 28.5 Å². The summed E-state index contributed by atoms with van der Waals surface area (Å²) in [7, 11) is 0.162. The maximum absolute atomic E-state index is 13.7. The minimum atomic E-state index is -3.66. The van der Waals surface area contributed by atoms with Gasteiger partial charge in [-0.15, -0.1) is 0 Å². The number of hydrogen-bond acceptors (Lipinski definition) is 9. The molecule has 2 N–H and O–H groups in total. The van der Waals surface area contributed by atoms with E-state index in [2.05, 4.69) is 51.6 Å². The second kappa shape index (κ2) is 12.8. The van der Waals surface area contributed by atoms with E-state index in [0.717, 1.165) is 64.4 Å². The van der Waals surface area contributed by atoms with Crippen LogP contribution in [0, 0.1) is 0 Å². The number of para-hydroxylation sites is 1. The molecular formula is C35H42N8O4S. The molecule has 1 saturated heterocycles. The molecule has 252 valence electrons. The molecule has 0 radical (unpaired) electrons. The van der Waals surface area contributed by atoms with Crippen molar-refractivity contribution >= 4 is 33.3 Å². The van der Waals surface area contributed by atoms with E-state index >= 15 is 0 Å². The molecule has 3 aliphatic rings. The average molecular weight is 671 g/mol. The van der Waals surface area contributed by atoms with Gasteiger partial charge in [0.15, 0.2) is 5.69 Å². The van der Waals surface area contributed by atoms with Crippen LogP contribution in [0.4, 0.5) is 17.3 Å². The van der Waals surface area contributed by atoms with Crippen LogP contribution >= 0.6 is 0 Å². The second-order valence-electron chi connectivity index (χ2n) is 12.7. The van der Waals surface area contributed by atoms with E-state index in [0.29, 0.717) is 62.8 Å². The first-order valence-corrected chi connectivity index (χ1v) is 18.2. The number of amides is 1. The van der Waals surface area contributed by atoms with Gasteiger partial charge in [0, 0.05) is 56.7 Å². The van der Waals surface area contributed by atoms with Gasteiger partial charge >= 0.3 is 0 Å². The number of benzene rings is 2. The molecule has 4 aromatic rings. The summed E-state index contributed by atoms with van der Waals surface area (Å²) in [6, 6.07) is 11.3. The van der Waals surface area contributed by atoms with Crippen LogP contribution < -0.4 is 20.3 Å². The van der Waals surface area contributed by atoms with E-state index in [1.54, 1.807) is 21.1 Å². The van der Waals surface area contributed by atoms with Gasteiger partial charge in [-0.05, 0) is 67.3 Å². The van der Waals surface area contributed by atoms with Gasteiger partial charge < -0.3 is 20.3 Å². The fourth-order valence-electron chi connectivity index (χ4n) is 7.05. The third-order valence-corrected chi connectivity index (χ3v) is 11.7. The number of rotatable bonds is 8. The molecule has 0 unspecified atom stereocenters. The van der Waals surface area contributed by atoms with E-state index in [1.165, 1.54) is 0 Å². The quantitative estimate of drug-likeness (QED) is 0.279. The molecule has 2 aromatic heterocycles. The molecule has 0 atom stereocenters. The number of carbonyl (C=O) groups excluding carboxylic acids is 1. The van der Waals surface area contributed by atoms with Gasteiger partial charge in [-0.3, -0.25) is 9.48 Å². The highest BCUT2D eigenvalue weighted by atomic mass is 32.2. The van der Waals surface area contributed by atoms with Crippen molar-refractivity contribution in [3.05, 3.63) is 70.5 Å². The first-order chi connectivity index (χ1) is 23.2. The number of ether oxygens (including phenoxy) is 1. The summed E-state index contributed by atoms with van der Waals surface area (Å²) < 4.78 is 36.1. The number of piperidine rings is 1. The fraction of sp³-hybridized carbons (Fsp3) is 0.429. The SMILES string of the molecule is CCc1cccc(CC)c1NC(=O)c1nn(C)c2c1CCc1cnc(NC3CCN(S(=O)(=O)c4ccc5c(c4)OCCN5C)CC3)nc1-2. The first kappa shape index (κ1) is 32.1. The number of nitrogens with one attached hydrogen (secondary N) is 2. The van der Waals surface area contributed by atoms with Crippen LogP contribution in [0.3, 0.4) is 0 Å². The van der Waals surface area contributed by atoms with Crippen molar-refractivity contribution < 1.29 is 17.9 Å². The van der Waals surface area contributed by atoms with Gasteiger partial charge in [0.25, 0.3) is 5.91 Å². The fourth-order valence-corrected chi connectivity index (χ4v) is 8.54. The Labute approximate surface area is 281 Å². The third kappa shape index (κ3) is 5.79. The Morgan fingerprint density at radius 1 is 1.02 bits per heavy atom. The second-order valence-corrected chi connectivity index (χ2v) is 14.6. The number of aromatic nitrogens is 4. The minimum absolute atomic E-state index is 0.0114. The van der Waals surface area contributed by atoms with Crippen molar-refractivity contribution in [1.82, 2.24) is 24.1 Å². The van der Waals surface area contributed by atoms with Crippen LogP contribution in [0.5, 0.6) is 5.75 Å². The topological polar surface area (TPSA) is 135 Å². The van der Waals surface area contributed by atoms with Crippen molar-refractivity contribution in [3.63, 3.8) is 0 Å². The van der Waals surface area contributed by atoms with Crippen LogP contribution in [0.25, 0.3) is 11.4 Å². The van der Waals surface area contributed by atoms with E-state index < -0.39 is 10.0 Å². The number of anilines is 3. The predicted molar refractivity (Wildman–Crippen MR) is 185 cm³/mol. The number of carbonyl (C=O) groups is 1. The van der Waals surface area contributed by atoms with Crippen molar-refractivity contribution in [1.29, 1.82) is 0 Å². The summed E-state index contributed by atoms with van der Waals surface area (Å²) in [5.74, 6) is 0.869. The standard InChI is InChI=1S/C35H42N8O4S/c1-5-22-8-7-9-23(6-2)30(22)38-34(44)32-27-12-10-24-21-36-35(39-31(24)33(27)42(4)40-32)37-25-14-16-43(17-15-25)48(45,46)26-11-13-28-29(20-26)47-19-18-41(28)3/h7-9,11,13,20-21,25H,5-6,10,12,14-19H2,1-4H3,(H,38,44)(H,36,37,39). The lowest BCUT2D eigenvalue weighted by Crippen LogP contribution is -2.42. The Kier molecular flexibility index (Phi) is 8.58. The van der Waals surface area contributed by atoms with Crippen molar-refractivity contribution in [2.24, 2.45) is 7.05 Å². The van der Waals surface area contributed by atoms with Crippen molar-refractivity contribution in [2.45, 2.75) is 63.3 Å². The summed E-state index contributed by atoms with van der Waals surface area (Å²) in [6.07, 6.45) is 6.10. The number of sulfonamides is 1. The molecule has 4 heterocycles. The molecule has 1 amide bonds. The van der Waals surface area contributed by atoms with Crippen LogP contribution in [0.15, 0.2) is 47.5 Å². The monoisotopic (exact) mass is 670 g/mol. The summed E-state index contributed by atoms with van der Waals surface area (Å²) in [4.78, 5) is 25.5. The Bertz CT molecular complexity index is 1960. The van der Waals surface area contributed by atoms with Gasteiger partial charge in [0.2, 0.25) is 16.0 Å². The van der Waals surface area contributed by atoms with Gasteiger partial charge in [-0.1, -0.05) is 32.0 Å². The summed E-state index contributed by atoms with van der Waals surface area (Å²) in [5, 5.41) is 11.3. The number of aryl methyl sites for hydroxylation is 4.